The summed E-state index contributed by atoms with van der Waals surface area (Å²) in [5.74, 6) is 2.34. The molecule has 9 aromatic carbocycles. The molecule has 11 rings (SSSR count). The van der Waals surface area contributed by atoms with E-state index in [1.807, 2.05) is 60.7 Å². The number of hydrogen-bond donors (Lipinski definition) is 0. The SMILES string of the molecule is CC(C)c1ccc(N(c2ccccc2)c2ccc3c(c2)c2cc(N(c4ccccc4)c4ccccc4)ccc2n3-c2ccc(-c3nc(-c4ccccc4)nc(-c4ccccc4)n3)cc2)cc1. The van der Waals surface area contributed by atoms with Gasteiger partial charge in [-0.15, -0.1) is 0 Å². The Morgan fingerprint density at radius 2 is 0.667 bits per heavy atom. The van der Waals surface area contributed by atoms with Crippen LogP contribution in [0.3, 0.4) is 0 Å². The van der Waals surface area contributed by atoms with Gasteiger partial charge in [0.05, 0.1) is 11.0 Å². The molecule has 0 spiro atoms. The van der Waals surface area contributed by atoms with Crippen molar-refractivity contribution in [2.75, 3.05) is 9.80 Å². The molecule has 0 aliphatic rings. The highest BCUT2D eigenvalue weighted by Gasteiger charge is 2.21. The summed E-state index contributed by atoms with van der Waals surface area (Å²) >= 11 is 0. The predicted molar refractivity (Wildman–Crippen MR) is 274 cm³/mol. The van der Waals surface area contributed by atoms with Gasteiger partial charge in [0.15, 0.2) is 17.5 Å². The van der Waals surface area contributed by atoms with E-state index in [0.29, 0.717) is 23.4 Å². The van der Waals surface area contributed by atoms with Crippen molar-refractivity contribution in [2.45, 2.75) is 19.8 Å². The van der Waals surface area contributed by atoms with E-state index < -0.39 is 0 Å². The van der Waals surface area contributed by atoms with Gasteiger partial charge in [0, 0.05) is 67.3 Å². The first-order chi connectivity index (χ1) is 32.6. The number of aromatic nitrogens is 4. The zero-order valence-corrected chi connectivity index (χ0v) is 36.8. The number of para-hydroxylation sites is 3. The maximum Gasteiger partial charge on any atom is 0.164 e. The Balaban J connectivity index is 1.09. The van der Waals surface area contributed by atoms with Crippen LogP contribution in [0.2, 0.25) is 0 Å². The highest BCUT2D eigenvalue weighted by atomic mass is 15.2. The fourth-order valence-electron chi connectivity index (χ4n) is 8.89. The highest BCUT2D eigenvalue weighted by Crippen LogP contribution is 2.43. The summed E-state index contributed by atoms with van der Waals surface area (Å²) in [4.78, 5) is 19.6. The summed E-state index contributed by atoms with van der Waals surface area (Å²) in [7, 11) is 0. The molecule has 316 valence electrons. The Kier molecular flexibility index (Phi) is 10.7. The van der Waals surface area contributed by atoms with E-state index >= 15 is 0 Å². The molecule has 0 radical (unpaired) electrons. The number of rotatable bonds is 11. The van der Waals surface area contributed by atoms with Crippen molar-refractivity contribution in [3.63, 3.8) is 0 Å². The minimum Gasteiger partial charge on any atom is -0.310 e. The molecule has 0 saturated heterocycles. The molecule has 0 aliphatic heterocycles. The summed E-state index contributed by atoms with van der Waals surface area (Å²) in [6.45, 7) is 4.48. The third kappa shape index (κ3) is 7.75. The second kappa shape index (κ2) is 17.5. The van der Waals surface area contributed by atoms with Crippen molar-refractivity contribution >= 4 is 55.9 Å². The van der Waals surface area contributed by atoms with Gasteiger partial charge >= 0.3 is 0 Å². The molecule has 2 aromatic heterocycles. The second-order valence-corrected chi connectivity index (χ2v) is 16.7. The molecule has 0 bridgehead atoms. The lowest BCUT2D eigenvalue weighted by atomic mass is 10.0. The molecular weight excluding hydrogens is 805 g/mol. The average Bonchev–Trinajstić information content (AvgIpc) is 3.71. The molecule has 2 heterocycles. The van der Waals surface area contributed by atoms with Crippen molar-refractivity contribution in [1.29, 1.82) is 0 Å². The van der Waals surface area contributed by atoms with Gasteiger partial charge in [0.25, 0.3) is 0 Å². The van der Waals surface area contributed by atoms with Gasteiger partial charge in [-0.05, 0) is 121 Å². The van der Waals surface area contributed by atoms with Gasteiger partial charge in [-0.2, -0.15) is 0 Å². The molecule has 0 saturated carbocycles. The third-order valence-corrected chi connectivity index (χ3v) is 12.2. The number of nitrogens with zero attached hydrogens (tertiary/aromatic N) is 6. The fraction of sp³-hybridized carbons (Fsp3) is 0.0500. The molecule has 0 unspecified atom stereocenters. The molecule has 0 fully saturated rings. The predicted octanol–water partition coefficient (Wildman–Crippen LogP) is 16.0. The Hall–Kier alpha value is -8.61. The van der Waals surface area contributed by atoms with Crippen LogP contribution in [0.25, 0.3) is 61.7 Å². The van der Waals surface area contributed by atoms with Crippen molar-refractivity contribution in [2.24, 2.45) is 0 Å². The van der Waals surface area contributed by atoms with E-state index in [1.165, 1.54) is 5.56 Å². The van der Waals surface area contributed by atoms with Crippen molar-refractivity contribution in [1.82, 2.24) is 19.5 Å². The summed E-state index contributed by atoms with van der Waals surface area (Å²) in [6, 6.07) is 83.3. The molecule has 6 heteroatoms. The van der Waals surface area contributed by atoms with E-state index in [0.717, 1.165) is 78.3 Å². The highest BCUT2D eigenvalue weighted by molar-refractivity contribution is 6.12. The molecule has 0 atom stereocenters. The van der Waals surface area contributed by atoms with Gasteiger partial charge in [-0.25, -0.2) is 15.0 Å². The molecule has 0 amide bonds. The number of benzene rings is 9. The van der Waals surface area contributed by atoms with E-state index in [9.17, 15) is 0 Å². The molecule has 66 heavy (non-hydrogen) atoms. The first-order valence-electron chi connectivity index (χ1n) is 22.5. The third-order valence-electron chi connectivity index (χ3n) is 12.2. The van der Waals surface area contributed by atoms with Crippen molar-refractivity contribution in [3.8, 4) is 39.9 Å². The fourth-order valence-corrected chi connectivity index (χ4v) is 8.89. The first kappa shape index (κ1) is 40.2. The van der Waals surface area contributed by atoms with Crippen LogP contribution >= 0.6 is 0 Å². The number of hydrogen-bond acceptors (Lipinski definition) is 5. The van der Waals surface area contributed by atoms with Crippen molar-refractivity contribution < 1.29 is 0 Å². The Bertz CT molecular complexity index is 3310. The van der Waals surface area contributed by atoms with Gasteiger partial charge in [0.2, 0.25) is 0 Å². The largest absolute Gasteiger partial charge is 0.310 e. The smallest absolute Gasteiger partial charge is 0.164 e. The summed E-state index contributed by atoms with van der Waals surface area (Å²) in [5.41, 5.74) is 13.9. The van der Waals surface area contributed by atoms with Crippen LogP contribution in [0.4, 0.5) is 34.1 Å². The minimum atomic E-state index is 0.442. The lowest BCUT2D eigenvalue weighted by Gasteiger charge is -2.26. The molecule has 11 aromatic rings. The Labute approximate surface area is 385 Å². The quantitative estimate of drug-likeness (QED) is 0.130. The molecule has 6 nitrogen and oxygen atoms in total. The average molecular weight is 851 g/mol. The lowest BCUT2D eigenvalue weighted by molar-refractivity contribution is 0.866. The second-order valence-electron chi connectivity index (χ2n) is 16.7. The zero-order chi connectivity index (χ0) is 44.4. The minimum absolute atomic E-state index is 0.442. The summed E-state index contributed by atoms with van der Waals surface area (Å²) in [5, 5.41) is 2.29. The van der Waals surface area contributed by atoms with Gasteiger partial charge in [-0.1, -0.05) is 141 Å². The van der Waals surface area contributed by atoms with Crippen LogP contribution in [0.5, 0.6) is 0 Å². The van der Waals surface area contributed by atoms with Gasteiger partial charge in [-0.3, -0.25) is 0 Å². The zero-order valence-electron chi connectivity index (χ0n) is 36.8. The first-order valence-corrected chi connectivity index (χ1v) is 22.5. The molecule has 0 aliphatic carbocycles. The van der Waals surface area contributed by atoms with Gasteiger partial charge < -0.3 is 14.4 Å². The number of fused-ring (bicyclic) bond motifs is 3. The van der Waals surface area contributed by atoms with Crippen molar-refractivity contribution in [3.05, 3.63) is 242 Å². The van der Waals surface area contributed by atoms with E-state index in [-0.39, 0.29) is 0 Å². The van der Waals surface area contributed by atoms with Crippen LogP contribution in [-0.4, -0.2) is 19.5 Å². The maximum absolute atomic E-state index is 5.02. The van der Waals surface area contributed by atoms with Crippen LogP contribution in [0.15, 0.2) is 237 Å². The topological polar surface area (TPSA) is 50.1 Å². The molecular formula is C60H46N6. The van der Waals surface area contributed by atoms with E-state index in [4.69, 9.17) is 15.0 Å². The standard InChI is InChI=1S/C60H46N6/c1-42(2)43-28-32-50(33-29-43)65(49-26-16-7-17-27-49)53-37-39-57-55(41-53)54-40-52(64(47-22-12-5-13-23-47)48-24-14-6-15-25-48)36-38-56(54)66(57)51-34-30-46(31-35-51)60-62-58(44-18-8-3-9-19-44)61-59(63-60)45-20-10-4-11-21-45/h3-42H,1-2H3. The van der Waals surface area contributed by atoms with Crippen LogP contribution in [0, 0.1) is 0 Å². The van der Waals surface area contributed by atoms with Crippen LogP contribution in [0.1, 0.15) is 25.3 Å². The van der Waals surface area contributed by atoms with E-state index in [2.05, 4.69) is 204 Å². The molecule has 0 N–H and O–H groups in total. The van der Waals surface area contributed by atoms with Crippen LogP contribution in [-0.2, 0) is 0 Å². The number of anilines is 6. The summed E-state index contributed by atoms with van der Waals surface area (Å²) < 4.78 is 2.37. The summed E-state index contributed by atoms with van der Waals surface area (Å²) in [6.07, 6.45) is 0. The maximum atomic E-state index is 5.02. The lowest BCUT2D eigenvalue weighted by Crippen LogP contribution is -2.10. The normalized spacial score (nSPS) is 11.3. The Morgan fingerprint density at radius 3 is 1.05 bits per heavy atom. The van der Waals surface area contributed by atoms with Crippen LogP contribution < -0.4 is 9.80 Å². The Morgan fingerprint density at radius 1 is 0.333 bits per heavy atom. The monoisotopic (exact) mass is 850 g/mol. The van der Waals surface area contributed by atoms with E-state index in [1.54, 1.807) is 0 Å². The van der Waals surface area contributed by atoms with Gasteiger partial charge in [0.1, 0.15) is 0 Å².